The minimum absolute atomic E-state index is 0.948. The number of hydrogen-bond acceptors (Lipinski definition) is 2. The molecule has 2 nitrogen and oxygen atoms in total. The molecule has 0 saturated carbocycles. The molecule has 1 aliphatic heterocycles. The Balaban J connectivity index is 1.39. The van der Waals surface area contributed by atoms with Crippen molar-refractivity contribution in [2.24, 2.45) is 0 Å². The summed E-state index contributed by atoms with van der Waals surface area (Å²) >= 11 is 1.75. The van der Waals surface area contributed by atoms with Gasteiger partial charge in [0.25, 0.3) is 0 Å². The number of nitrogens with zero attached hydrogens (tertiary/aromatic N) is 2. The van der Waals surface area contributed by atoms with Crippen molar-refractivity contribution in [3.63, 3.8) is 0 Å². The molecule has 0 bridgehead atoms. The predicted molar refractivity (Wildman–Crippen MR) is 186 cm³/mol. The van der Waals surface area contributed by atoms with Crippen LogP contribution in [0.1, 0.15) is 6.92 Å². The van der Waals surface area contributed by atoms with Crippen molar-refractivity contribution in [2.45, 2.75) is 13.5 Å². The van der Waals surface area contributed by atoms with Crippen LogP contribution in [0, 0.1) is 0 Å². The molecular formula is C40H30N2S. The van der Waals surface area contributed by atoms with Crippen molar-refractivity contribution in [2.75, 3.05) is 4.31 Å². The molecule has 0 atom stereocenters. The molecule has 2 heterocycles. The van der Waals surface area contributed by atoms with E-state index in [1.165, 1.54) is 71.3 Å². The van der Waals surface area contributed by atoms with Crippen molar-refractivity contribution in [1.82, 2.24) is 4.57 Å². The fourth-order valence-corrected chi connectivity index (χ4v) is 7.41. The number of aryl methyl sites for hydroxylation is 1. The average Bonchev–Trinajstić information content (AvgIpc) is 3.41. The fraction of sp³-hybridized carbons (Fsp3) is 0.0500. The minimum atomic E-state index is 0.948. The molecule has 6 aromatic carbocycles. The number of benzene rings is 6. The normalized spacial score (nSPS) is 12.6. The third-order valence-electron chi connectivity index (χ3n) is 8.48. The molecule has 1 aliphatic rings. The highest BCUT2D eigenvalue weighted by Gasteiger charge is 2.20. The Hall–Kier alpha value is -4.99. The van der Waals surface area contributed by atoms with E-state index in [9.17, 15) is 0 Å². The molecule has 0 N–H and O–H groups in total. The van der Waals surface area contributed by atoms with Gasteiger partial charge in [-0.1, -0.05) is 109 Å². The zero-order valence-corrected chi connectivity index (χ0v) is 24.8. The van der Waals surface area contributed by atoms with E-state index < -0.39 is 0 Å². The van der Waals surface area contributed by atoms with E-state index in [1.54, 1.807) is 11.9 Å². The van der Waals surface area contributed by atoms with E-state index >= 15 is 0 Å². The van der Waals surface area contributed by atoms with Crippen LogP contribution >= 0.6 is 11.9 Å². The Morgan fingerprint density at radius 1 is 0.558 bits per heavy atom. The lowest BCUT2D eigenvalue weighted by molar-refractivity contribution is 0.827. The van der Waals surface area contributed by atoms with Crippen LogP contribution in [0.3, 0.4) is 0 Å². The maximum Gasteiger partial charge on any atom is 0.0529 e. The van der Waals surface area contributed by atoms with Gasteiger partial charge < -0.3 is 4.57 Å². The topological polar surface area (TPSA) is 8.17 Å². The SMILES string of the molecule is CCn1c2ccccc2c2cc(N3C=c4cc(-c5ccccc5)c(-c5ccccc5)c(-c5ccccc5)c4=CS3)ccc21. The number of fused-ring (bicyclic) bond motifs is 4. The van der Waals surface area contributed by atoms with Gasteiger partial charge in [0.05, 0.1) is 5.69 Å². The van der Waals surface area contributed by atoms with Crippen molar-refractivity contribution in [1.29, 1.82) is 0 Å². The molecule has 206 valence electrons. The molecule has 0 fully saturated rings. The molecule has 0 spiro atoms. The second-order valence-corrected chi connectivity index (χ2v) is 11.8. The quantitative estimate of drug-likeness (QED) is 0.191. The number of rotatable bonds is 5. The number of anilines is 1. The Bertz CT molecular complexity index is 2230. The summed E-state index contributed by atoms with van der Waals surface area (Å²) in [5.74, 6) is 0. The zero-order chi connectivity index (χ0) is 28.8. The van der Waals surface area contributed by atoms with Crippen molar-refractivity contribution in [3.05, 3.63) is 150 Å². The predicted octanol–water partition coefficient (Wildman–Crippen LogP) is 9.46. The van der Waals surface area contributed by atoms with Gasteiger partial charge in [0.2, 0.25) is 0 Å². The lowest BCUT2D eigenvalue weighted by Crippen LogP contribution is -2.33. The van der Waals surface area contributed by atoms with Gasteiger partial charge in [0.1, 0.15) is 0 Å². The van der Waals surface area contributed by atoms with E-state index in [2.05, 4.69) is 167 Å². The van der Waals surface area contributed by atoms with E-state index in [-0.39, 0.29) is 0 Å². The molecule has 0 aliphatic carbocycles. The second-order valence-electron chi connectivity index (χ2n) is 10.9. The Kier molecular flexibility index (Phi) is 6.39. The number of hydrogen-bond donors (Lipinski definition) is 0. The van der Waals surface area contributed by atoms with Gasteiger partial charge in [0, 0.05) is 45.2 Å². The Labute approximate surface area is 256 Å². The Morgan fingerprint density at radius 2 is 1.16 bits per heavy atom. The van der Waals surface area contributed by atoms with E-state index in [4.69, 9.17) is 0 Å². The number of aromatic nitrogens is 1. The van der Waals surface area contributed by atoms with E-state index in [0.717, 1.165) is 6.54 Å². The van der Waals surface area contributed by atoms with Crippen molar-refractivity contribution >= 4 is 51.0 Å². The molecule has 1 aromatic heterocycles. The zero-order valence-electron chi connectivity index (χ0n) is 23.9. The minimum Gasteiger partial charge on any atom is -0.341 e. The standard InChI is InChI=1S/C40H30N2S/c1-2-41-37-21-13-12-20-33(37)35-25-32(22-23-38(35)41)42-26-31-24-34(28-14-6-3-7-15-28)39(29-16-8-4-9-17-29)40(36(31)27-43-42)30-18-10-5-11-19-30/h3-27H,2H2,1H3. The van der Waals surface area contributed by atoms with Gasteiger partial charge in [0.15, 0.2) is 0 Å². The summed E-state index contributed by atoms with van der Waals surface area (Å²) < 4.78 is 4.72. The van der Waals surface area contributed by atoms with Gasteiger partial charge in [-0.05, 0) is 87.8 Å². The summed E-state index contributed by atoms with van der Waals surface area (Å²) in [7, 11) is 0. The highest BCUT2D eigenvalue weighted by Crippen LogP contribution is 2.39. The third-order valence-corrected chi connectivity index (χ3v) is 9.36. The van der Waals surface area contributed by atoms with Crippen molar-refractivity contribution in [3.8, 4) is 33.4 Å². The lowest BCUT2D eigenvalue weighted by atomic mass is 9.86. The van der Waals surface area contributed by atoms with Gasteiger partial charge in [-0.15, -0.1) is 0 Å². The van der Waals surface area contributed by atoms with Crippen LogP contribution < -0.4 is 14.7 Å². The first-order chi connectivity index (χ1) is 21.3. The van der Waals surface area contributed by atoms with Crippen LogP contribution in [0.2, 0.25) is 0 Å². The molecule has 8 rings (SSSR count). The average molecular weight is 571 g/mol. The largest absolute Gasteiger partial charge is 0.341 e. The Morgan fingerprint density at radius 3 is 1.86 bits per heavy atom. The lowest BCUT2D eigenvalue weighted by Gasteiger charge is -2.24. The van der Waals surface area contributed by atoms with Crippen LogP contribution in [-0.2, 0) is 6.54 Å². The van der Waals surface area contributed by atoms with Gasteiger partial charge in [-0.25, -0.2) is 0 Å². The summed E-state index contributed by atoms with van der Waals surface area (Å²) in [6, 6.07) is 50.5. The number of para-hydroxylation sites is 1. The van der Waals surface area contributed by atoms with Crippen LogP contribution in [-0.4, -0.2) is 4.57 Å². The summed E-state index contributed by atoms with van der Waals surface area (Å²) in [4.78, 5) is 0. The molecule has 0 amide bonds. The second kappa shape index (κ2) is 10.7. The summed E-state index contributed by atoms with van der Waals surface area (Å²) in [6.07, 6.45) is 2.31. The van der Waals surface area contributed by atoms with E-state index in [0.29, 0.717) is 0 Å². The van der Waals surface area contributed by atoms with Crippen molar-refractivity contribution < 1.29 is 0 Å². The van der Waals surface area contributed by atoms with Gasteiger partial charge in [-0.2, -0.15) is 0 Å². The first-order valence-corrected chi connectivity index (χ1v) is 15.7. The third kappa shape index (κ3) is 4.36. The molecule has 7 aromatic rings. The molecular weight excluding hydrogens is 541 g/mol. The molecule has 0 unspecified atom stereocenters. The maximum atomic E-state index is 2.41. The highest BCUT2D eigenvalue weighted by molar-refractivity contribution is 8.08. The summed E-state index contributed by atoms with van der Waals surface area (Å²) in [5.41, 5.74) is 11.2. The molecule has 3 heteroatoms. The van der Waals surface area contributed by atoms with Gasteiger partial charge in [-0.3, -0.25) is 4.31 Å². The fourth-order valence-electron chi connectivity index (χ4n) is 6.53. The maximum absolute atomic E-state index is 2.41. The molecule has 43 heavy (non-hydrogen) atoms. The smallest absolute Gasteiger partial charge is 0.0529 e. The summed E-state index contributed by atoms with van der Waals surface area (Å²) in [5, 5.41) is 7.40. The van der Waals surface area contributed by atoms with Crippen LogP contribution in [0.5, 0.6) is 0 Å². The first kappa shape index (κ1) is 25.7. The van der Waals surface area contributed by atoms with Crippen LogP contribution in [0.15, 0.2) is 140 Å². The van der Waals surface area contributed by atoms with E-state index in [1.807, 2.05) is 0 Å². The highest BCUT2D eigenvalue weighted by atomic mass is 32.2. The summed E-state index contributed by atoms with van der Waals surface area (Å²) in [6.45, 7) is 3.17. The van der Waals surface area contributed by atoms with Crippen LogP contribution in [0.25, 0.3) is 66.8 Å². The molecule has 0 saturated heterocycles. The van der Waals surface area contributed by atoms with Crippen LogP contribution in [0.4, 0.5) is 5.69 Å². The monoisotopic (exact) mass is 570 g/mol. The first-order valence-electron chi connectivity index (χ1n) is 14.8. The molecule has 0 radical (unpaired) electrons. The van der Waals surface area contributed by atoms with Gasteiger partial charge >= 0.3 is 0 Å².